The first-order chi connectivity index (χ1) is 11.3. The van der Waals surface area contributed by atoms with Gasteiger partial charge in [0, 0.05) is 12.3 Å². The molecule has 0 saturated carbocycles. The first kappa shape index (κ1) is 15.0. The molecule has 3 rings (SSSR count). The molecular weight excluding hydrogens is 300 g/mol. The number of nitrogens with zero attached hydrogens (tertiary/aromatic N) is 1. The van der Waals surface area contributed by atoms with Crippen LogP contribution in [-0.2, 0) is 0 Å². The number of nitrogens with one attached hydrogen (secondary N) is 1. The largest absolute Gasteiger partial charge is 0.492 e. The Balaban J connectivity index is 1.49. The number of pyridine rings is 1. The maximum absolute atomic E-state index is 12.1. The van der Waals surface area contributed by atoms with Crippen LogP contribution in [0.25, 0.3) is 0 Å². The number of carbonyl (C=O) groups is 1. The minimum absolute atomic E-state index is 0.224. The molecule has 2 aromatic rings. The van der Waals surface area contributed by atoms with E-state index in [-0.39, 0.29) is 12.7 Å². The number of hydrogen-bond acceptors (Lipinski definition) is 6. The third kappa shape index (κ3) is 3.45. The van der Waals surface area contributed by atoms with Gasteiger partial charge in [-0.3, -0.25) is 4.79 Å². The molecule has 0 spiro atoms. The second kappa shape index (κ2) is 6.87. The second-order valence-electron chi connectivity index (χ2n) is 4.68. The number of fused-ring (bicyclic) bond motifs is 1. The molecule has 23 heavy (non-hydrogen) atoms. The van der Waals surface area contributed by atoms with Gasteiger partial charge in [0.1, 0.15) is 17.9 Å². The summed E-state index contributed by atoms with van der Waals surface area (Å²) in [6.45, 7) is 0.904. The standard InChI is InChI=1S/C16H16N2O5/c1-20-16-12(3-2-6-18-16)15(19)17-7-8-21-11-4-5-13-14(9-11)23-10-22-13/h2-6,9H,7-8,10H2,1H3,(H,17,19). The number of aromatic nitrogens is 1. The Kier molecular flexibility index (Phi) is 4.46. The van der Waals surface area contributed by atoms with Gasteiger partial charge in [-0.1, -0.05) is 0 Å². The Morgan fingerprint density at radius 1 is 1.30 bits per heavy atom. The van der Waals surface area contributed by atoms with Crippen LogP contribution in [0.15, 0.2) is 36.5 Å². The molecule has 1 aromatic heterocycles. The Labute approximate surface area is 133 Å². The number of hydrogen-bond donors (Lipinski definition) is 1. The zero-order chi connectivity index (χ0) is 16.1. The van der Waals surface area contributed by atoms with Crippen LogP contribution in [0.5, 0.6) is 23.1 Å². The highest BCUT2D eigenvalue weighted by Crippen LogP contribution is 2.34. The summed E-state index contributed by atoms with van der Waals surface area (Å²) in [4.78, 5) is 16.1. The molecule has 0 aliphatic carbocycles. The van der Waals surface area contributed by atoms with E-state index in [1.54, 1.807) is 36.5 Å². The fourth-order valence-electron chi connectivity index (χ4n) is 2.12. The summed E-state index contributed by atoms with van der Waals surface area (Å²) in [7, 11) is 1.47. The molecule has 0 bridgehead atoms. The van der Waals surface area contributed by atoms with Gasteiger partial charge in [0.25, 0.3) is 5.91 Å². The van der Waals surface area contributed by atoms with E-state index < -0.39 is 0 Å². The van der Waals surface area contributed by atoms with Crippen LogP contribution in [0, 0.1) is 0 Å². The van der Waals surface area contributed by atoms with E-state index in [1.165, 1.54) is 7.11 Å². The number of benzene rings is 1. The fourth-order valence-corrected chi connectivity index (χ4v) is 2.12. The van der Waals surface area contributed by atoms with Crippen molar-refractivity contribution in [3.05, 3.63) is 42.1 Å². The van der Waals surface area contributed by atoms with Gasteiger partial charge >= 0.3 is 0 Å². The van der Waals surface area contributed by atoms with Crippen LogP contribution in [0.3, 0.4) is 0 Å². The summed E-state index contributed by atoms with van der Waals surface area (Å²) in [6, 6.07) is 8.67. The predicted octanol–water partition coefficient (Wildman–Crippen LogP) is 1.63. The highest BCUT2D eigenvalue weighted by Gasteiger charge is 2.14. The van der Waals surface area contributed by atoms with Gasteiger partial charge < -0.3 is 24.3 Å². The highest BCUT2D eigenvalue weighted by atomic mass is 16.7. The SMILES string of the molecule is COc1ncccc1C(=O)NCCOc1ccc2c(c1)OCO2. The van der Waals surface area contributed by atoms with Crippen molar-refractivity contribution in [2.75, 3.05) is 27.1 Å². The number of ether oxygens (including phenoxy) is 4. The van der Waals surface area contributed by atoms with Crippen molar-refractivity contribution in [2.24, 2.45) is 0 Å². The lowest BCUT2D eigenvalue weighted by Gasteiger charge is -2.09. The molecule has 120 valence electrons. The van der Waals surface area contributed by atoms with Crippen LogP contribution < -0.4 is 24.3 Å². The van der Waals surface area contributed by atoms with Crippen molar-refractivity contribution < 1.29 is 23.7 Å². The quantitative estimate of drug-likeness (QED) is 0.816. The summed E-state index contributed by atoms with van der Waals surface area (Å²) >= 11 is 0. The average molecular weight is 316 g/mol. The predicted molar refractivity (Wildman–Crippen MR) is 81.2 cm³/mol. The molecule has 1 amide bonds. The van der Waals surface area contributed by atoms with Gasteiger partial charge in [0.15, 0.2) is 11.5 Å². The van der Waals surface area contributed by atoms with Crippen LogP contribution >= 0.6 is 0 Å². The van der Waals surface area contributed by atoms with E-state index in [4.69, 9.17) is 18.9 Å². The lowest BCUT2D eigenvalue weighted by atomic mass is 10.2. The molecule has 7 nitrogen and oxygen atoms in total. The Morgan fingerprint density at radius 3 is 3.04 bits per heavy atom. The Morgan fingerprint density at radius 2 is 2.17 bits per heavy atom. The minimum Gasteiger partial charge on any atom is -0.492 e. The zero-order valence-electron chi connectivity index (χ0n) is 12.6. The van der Waals surface area contributed by atoms with Crippen LogP contribution in [-0.4, -0.2) is 37.9 Å². The van der Waals surface area contributed by atoms with Crippen LogP contribution in [0.4, 0.5) is 0 Å². The van der Waals surface area contributed by atoms with E-state index in [0.29, 0.717) is 41.8 Å². The van der Waals surface area contributed by atoms with E-state index in [9.17, 15) is 4.79 Å². The first-order valence-corrected chi connectivity index (χ1v) is 7.07. The molecule has 7 heteroatoms. The number of methoxy groups -OCH3 is 1. The van der Waals surface area contributed by atoms with Crippen molar-refractivity contribution in [1.29, 1.82) is 0 Å². The topological polar surface area (TPSA) is 78.9 Å². The first-order valence-electron chi connectivity index (χ1n) is 7.07. The minimum atomic E-state index is -0.260. The van der Waals surface area contributed by atoms with E-state index >= 15 is 0 Å². The van der Waals surface area contributed by atoms with Crippen LogP contribution in [0.1, 0.15) is 10.4 Å². The van der Waals surface area contributed by atoms with Gasteiger partial charge in [0.05, 0.1) is 13.7 Å². The lowest BCUT2D eigenvalue weighted by Crippen LogP contribution is -2.28. The van der Waals surface area contributed by atoms with Gasteiger partial charge in [-0.15, -0.1) is 0 Å². The third-order valence-corrected chi connectivity index (χ3v) is 3.21. The molecule has 0 fully saturated rings. The molecule has 0 saturated heterocycles. The van der Waals surface area contributed by atoms with E-state index in [2.05, 4.69) is 10.3 Å². The van der Waals surface area contributed by atoms with Gasteiger partial charge in [-0.05, 0) is 24.3 Å². The molecule has 0 atom stereocenters. The molecule has 1 aliphatic heterocycles. The smallest absolute Gasteiger partial charge is 0.256 e. The third-order valence-electron chi connectivity index (χ3n) is 3.21. The summed E-state index contributed by atoms with van der Waals surface area (Å²) in [6.07, 6.45) is 1.57. The van der Waals surface area contributed by atoms with Gasteiger partial charge in [-0.25, -0.2) is 4.98 Å². The zero-order valence-corrected chi connectivity index (χ0v) is 12.6. The summed E-state index contributed by atoms with van der Waals surface area (Å²) in [5, 5.41) is 2.76. The number of amides is 1. The maximum atomic E-state index is 12.1. The van der Waals surface area contributed by atoms with Gasteiger partial charge in [0.2, 0.25) is 12.7 Å². The lowest BCUT2D eigenvalue weighted by molar-refractivity contribution is 0.0943. The monoisotopic (exact) mass is 316 g/mol. The molecule has 0 unspecified atom stereocenters. The normalized spacial score (nSPS) is 11.9. The maximum Gasteiger partial charge on any atom is 0.256 e. The highest BCUT2D eigenvalue weighted by molar-refractivity contribution is 5.96. The molecule has 2 heterocycles. The van der Waals surface area contributed by atoms with Gasteiger partial charge in [-0.2, -0.15) is 0 Å². The van der Waals surface area contributed by atoms with Crippen molar-refractivity contribution in [1.82, 2.24) is 10.3 Å². The summed E-state index contributed by atoms with van der Waals surface area (Å²) < 4.78 is 21.1. The van der Waals surface area contributed by atoms with Crippen molar-refractivity contribution in [3.63, 3.8) is 0 Å². The summed E-state index contributed by atoms with van der Waals surface area (Å²) in [5.74, 6) is 2.05. The van der Waals surface area contributed by atoms with E-state index in [0.717, 1.165) is 0 Å². The molecular formula is C16H16N2O5. The van der Waals surface area contributed by atoms with Crippen molar-refractivity contribution >= 4 is 5.91 Å². The molecule has 1 aromatic carbocycles. The molecule has 1 aliphatic rings. The Bertz CT molecular complexity index is 705. The number of carbonyl (C=O) groups excluding carboxylic acids is 1. The van der Waals surface area contributed by atoms with Crippen LogP contribution in [0.2, 0.25) is 0 Å². The van der Waals surface area contributed by atoms with Crippen molar-refractivity contribution in [3.8, 4) is 23.1 Å². The van der Waals surface area contributed by atoms with E-state index in [1.807, 2.05) is 0 Å². The second-order valence-corrected chi connectivity index (χ2v) is 4.68. The number of rotatable bonds is 6. The average Bonchev–Trinajstić information content (AvgIpc) is 3.06. The Hall–Kier alpha value is -2.96. The fraction of sp³-hybridized carbons (Fsp3) is 0.250. The molecule has 0 radical (unpaired) electrons. The summed E-state index contributed by atoms with van der Waals surface area (Å²) in [5.41, 5.74) is 0.387. The van der Waals surface area contributed by atoms with Crippen molar-refractivity contribution in [2.45, 2.75) is 0 Å². The molecule has 1 N–H and O–H groups in total.